The van der Waals surface area contributed by atoms with Gasteiger partial charge in [0.05, 0.1) is 41.9 Å². The number of nitriles is 1. The Kier molecular flexibility index (Phi) is 23.2. The number of hydrogen-bond donors (Lipinski definition) is 1. The van der Waals surface area contributed by atoms with E-state index in [4.69, 9.17) is 38.0 Å². The molecule has 1 fully saturated rings. The summed E-state index contributed by atoms with van der Waals surface area (Å²) in [6.07, 6.45) is -0.844. The van der Waals surface area contributed by atoms with E-state index in [1.54, 1.807) is 97.9 Å². The predicted octanol–water partition coefficient (Wildman–Crippen LogP) is 7.63. The summed E-state index contributed by atoms with van der Waals surface area (Å²) in [5.41, 5.74) is 0.877. The number of benzene rings is 3. The standard InChI is InChI=1S/C49H65N4O12P/c1-35(2)53(36(3)4)66(62-32-18-28-50)65-42-26-29-52(30-27-42)45(55)25-16-17-31-59-49(43(51-38(6)54)33-60-46(56)39-19-10-7-11-20-39)64-44(34-61-47(57)40-21-12-8-13-22-40)37(5)63-48(58)41-23-14-9-15-24-41/h7-15,19-24,35-37,42-44,49H,16-18,25-27,29-34H2,1-6H3,(H,51,54)/t37-,43+,44?,49-,66?/m1/s1. The summed E-state index contributed by atoms with van der Waals surface area (Å²) in [4.78, 5) is 67.2. The molecule has 0 spiro atoms. The van der Waals surface area contributed by atoms with Gasteiger partial charge in [-0.3, -0.25) is 9.59 Å². The van der Waals surface area contributed by atoms with Crippen LogP contribution >= 0.6 is 8.53 Å². The second-order valence-electron chi connectivity index (χ2n) is 16.3. The van der Waals surface area contributed by atoms with Crippen LogP contribution in [0.15, 0.2) is 91.0 Å². The lowest BCUT2D eigenvalue weighted by Crippen LogP contribution is -2.51. The van der Waals surface area contributed by atoms with Crippen LogP contribution in [0.5, 0.6) is 0 Å². The van der Waals surface area contributed by atoms with Crippen molar-refractivity contribution in [1.29, 1.82) is 5.26 Å². The van der Waals surface area contributed by atoms with Crippen molar-refractivity contribution in [3.05, 3.63) is 108 Å². The molecule has 2 amide bonds. The Morgan fingerprint density at radius 1 is 0.758 bits per heavy atom. The minimum absolute atomic E-state index is 0.00179. The second-order valence-corrected chi connectivity index (χ2v) is 17.7. The van der Waals surface area contributed by atoms with Gasteiger partial charge in [0.25, 0.3) is 8.53 Å². The number of carbonyl (C=O) groups is 5. The SMILES string of the molecule is CC(=O)N[C@@H](COC(=O)c1ccccc1)[C@H](OCCCCC(=O)N1CCC(OP(OCCC#N)N(C(C)C)C(C)C)CC1)OC(COC(=O)c1ccccc1)[C@@H](C)OC(=O)c1ccccc1. The fraction of sp³-hybridized carbons (Fsp3) is 0.510. The summed E-state index contributed by atoms with van der Waals surface area (Å²) < 4.78 is 44.6. The molecule has 17 heteroatoms. The van der Waals surface area contributed by atoms with Gasteiger partial charge in [0.15, 0.2) is 6.29 Å². The molecule has 66 heavy (non-hydrogen) atoms. The van der Waals surface area contributed by atoms with Gasteiger partial charge in [0.2, 0.25) is 11.8 Å². The Hall–Kier alpha value is -5.27. The smallest absolute Gasteiger partial charge is 0.338 e. The number of amides is 2. The zero-order valence-electron chi connectivity index (χ0n) is 38.9. The van der Waals surface area contributed by atoms with Crippen LogP contribution in [0.4, 0.5) is 0 Å². The third-order valence-corrected chi connectivity index (χ3v) is 12.6. The van der Waals surface area contributed by atoms with Gasteiger partial charge in [0.1, 0.15) is 31.5 Å². The first kappa shape index (κ1) is 53.3. The van der Waals surface area contributed by atoms with Gasteiger partial charge in [-0.05, 0) is 96.7 Å². The Bertz CT molecular complexity index is 1970. The molecule has 1 aliphatic rings. The monoisotopic (exact) mass is 932 g/mol. The quantitative estimate of drug-likeness (QED) is 0.0258. The molecule has 4 rings (SSSR count). The molecule has 3 aromatic carbocycles. The highest BCUT2D eigenvalue weighted by atomic mass is 31.2. The molecule has 5 atom stereocenters. The van der Waals surface area contributed by atoms with Crippen LogP contribution in [-0.2, 0) is 42.3 Å². The molecule has 0 saturated carbocycles. The summed E-state index contributed by atoms with van der Waals surface area (Å²) in [6, 6.07) is 26.5. The highest BCUT2D eigenvalue weighted by molar-refractivity contribution is 7.44. The number of rotatable bonds is 27. The van der Waals surface area contributed by atoms with Gasteiger partial charge in [0, 0.05) is 45.1 Å². The summed E-state index contributed by atoms with van der Waals surface area (Å²) in [7, 11) is -1.39. The maximum Gasteiger partial charge on any atom is 0.338 e. The third kappa shape index (κ3) is 18.2. The molecule has 2 unspecified atom stereocenters. The van der Waals surface area contributed by atoms with Crippen LogP contribution in [0.25, 0.3) is 0 Å². The minimum Gasteiger partial charge on any atom is -0.460 e. The van der Waals surface area contributed by atoms with E-state index in [2.05, 4.69) is 43.8 Å². The average Bonchev–Trinajstić information content (AvgIpc) is 3.31. The molecule has 0 radical (unpaired) electrons. The van der Waals surface area contributed by atoms with Crippen molar-refractivity contribution in [1.82, 2.24) is 14.9 Å². The zero-order valence-corrected chi connectivity index (χ0v) is 39.8. The van der Waals surface area contributed by atoms with Gasteiger partial charge >= 0.3 is 17.9 Å². The Balaban J connectivity index is 1.43. The van der Waals surface area contributed by atoms with Crippen molar-refractivity contribution in [3.63, 3.8) is 0 Å². The summed E-state index contributed by atoms with van der Waals surface area (Å²) in [6.45, 7) is 11.9. The van der Waals surface area contributed by atoms with Gasteiger partial charge in [-0.15, -0.1) is 0 Å². The maximum atomic E-state index is 13.4. The molecule has 16 nitrogen and oxygen atoms in total. The first-order valence-electron chi connectivity index (χ1n) is 22.5. The molecule has 1 heterocycles. The van der Waals surface area contributed by atoms with Gasteiger partial charge in [-0.2, -0.15) is 5.26 Å². The molecule has 1 N–H and O–H groups in total. The number of nitrogens with zero attached hydrogens (tertiary/aromatic N) is 3. The lowest BCUT2D eigenvalue weighted by atomic mass is 10.1. The van der Waals surface area contributed by atoms with Crippen molar-refractivity contribution in [2.75, 3.05) is 39.5 Å². The number of hydrogen-bond acceptors (Lipinski definition) is 14. The van der Waals surface area contributed by atoms with E-state index in [-0.39, 0.29) is 63.4 Å². The van der Waals surface area contributed by atoms with Crippen molar-refractivity contribution >= 4 is 38.2 Å². The van der Waals surface area contributed by atoms with Crippen LogP contribution in [-0.4, -0.2) is 122 Å². The van der Waals surface area contributed by atoms with Gasteiger partial charge in [-0.25, -0.2) is 19.1 Å². The van der Waals surface area contributed by atoms with E-state index in [9.17, 15) is 24.0 Å². The Labute approximate surface area is 390 Å². The molecule has 0 bridgehead atoms. The van der Waals surface area contributed by atoms with E-state index in [1.807, 2.05) is 4.90 Å². The fourth-order valence-corrected chi connectivity index (χ4v) is 8.82. The Morgan fingerprint density at radius 3 is 1.80 bits per heavy atom. The number of carbonyl (C=O) groups excluding carboxylic acids is 5. The topological polar surface area (TPSA) is 192 Å². The van der Waals surface area contributed by atoms with E-state index >= 15 is 0 Å². The normalized spacial score (nSPS) is 15.3. The van der Waals surface area contributed by atoms with Crippen LogP contribution in [0.2, 0.25) is 0 Å². The van der Waals surface area contributed by atoms with E-state index in [0.717, 1.165) is 0 Å². The summed E-state index contributed by atoms with van der Waals surface area (Å²) in [5, 5.41) is 11.8. The molecule has 1 aliphatic heterocycles. The van der Waals surface area contributed by atoms with Crippen LogP contribution in [0.1, 0.15) is 111 Å². The molecular formula is C49H65N4O12P. The summed E-state index contributed by atoms with van der Waals surface area (Å²) >= 11 is 0. The number of piperidine rings is 1. The first-order valence-corrected chi connectivity index (χ1v) is 23.7. The van der Waals surface area contributed by atoms with Crippen molar-refractivity contribution < 1.29 is 56.7 Å². The predicted molar refractivity (Wildman–Crippen MR) is 247 cm³/mol. The zero-order chi connectivity index (χ0) is 47.8. The first-order chi connectivity index (χ1) is 31.8. The molecule has 3 aromatic rings. The van der Waals surface area contributed by atoms with Crippen molar-refractivity contribution in [2.45, 2.75) is 123 Å². The van der Waals surface area contributed by atoms with Crippen molar-refractivity contribution in [2.24, 2.45) is 0 Å². The molecule has 1 saturated heterocycles. The van der Waals surface area contributed by atoms with Crippen LogP contribution in [0, 0.1) is 11.3 Å². The average molecular weight is 933 g/mol. The number of likely N-dealkylation sites (tertiary alicyclic amines) is 1. The Morgan fingerprint density at radius 2 is 1.29 bits per heavy atom. The van der Waals surface area contributed by atoms with Gasteiger partial charge < -0.3 is 42.9 Å². The number of ether oxygens (including phenoxy) is 5. The highest BCUT2D eigenvalue weighted by Gasteiger charge is 2.35. The lowest BCUT2D eigenvalue weighted by molar-refractivity contribution is -0.214. The van der Waals surface area contributed by atoms with Crippen LogP contribution < -0.4 is 5.32 Å². The molecule has 0 aromatic heterocycles. The molecule has 358 valence electrons. The minimum atomic E-state index is -1.39. The highest BCUT2D eigenvalue weighted by Crippen LogP contribution is 2.48. The number of nitrogens with one attached hydrogen (secondary N) is 1. The lowest BCUT2D eigenvalue weighted by Gasteiger charge is -2.39. The van der Waals surface area contributed by atoms with E-state index in [0.29, 0.717) is 55.5 Å². The largest absolute Gasteiger partial charge is 0.460 e. The van der Waals surface area contributed by atoms with Crippen LogP contribution in [0.3, 0.4) is 0 Å². The number of unbranched alkanes of at least 4 members (excludes halogenated alkanes) is 1. The van der Waals surface area contributed by atoms with Crippen molar-refractivity contribution in [3.8, 4) is 6.07 Å². The third-order valence-electron chi connectivity index (χ3n) is 10.4. The second kappa shape index (κ2) is 28.7. The fourth-order valence-electron chi connectivity index (χ4n) is 7.05. The summed E-state index contributed by atoms with van der Waals surface area (Å²) in [5.74, 6) is -2.40. The molecular weight excluding hydrogens is 868 g/mol. The van der Waals surface area contributed by atoms with E-state index < -0.39 is 56.9 Å². The van der Waals surface area contributed by atoms with E-state index in [1.165, 1.54) is 6.92 Å². The molecule has 0 aliphatic carbocycles. The number of esters is 3. The maximum absolute atomic E-state index is 13.4. The van der Waals surface area contributed by atoms with Gasteiger partial charge in [-0.1, -0.05) is 54.6 Å².